The lowest BCUT2D eigenvalue weighted by atomic mass is 9.93. The summed E-state index contributed by atoms with van der Waals surface area (Å²) in [5.41, 5.74) is 0. The van der Waals surface area contributed by atoms with E-state index in [2.05, 4.69) is 24.1 Å². The van der Waals surface area contributed by atoms with Crippen molar-refractivity contribution in [3.63, 3.8) is 0 Å². The SMILES string of the molecule is CCC1CCC(Nc2ncc(Cl)cc2F)C1C. The average molecular weight is 257 g/mol. The zero-order valence-electron chi connectivity index (χ0n) is 10.2. The van der Waals surface area contributed by atoms with Gasteiger partial charge in [-0.1, -0.05) is 31.9 Å². The van der Waals surface area contributed by atoms with Gasteiger partial charge in [0.2, 0.25) is 0 Å². The first kappa shape index (κ1) is 12.6. The number of nitrogens with one attached hydrogen (secondary N) is 1. The first-order valence-electron chi connectivity index (χ1n) is 6.19. The van der Waals surface area contributed by atoms with Crippen molar-refractivity contribution >= 4 is 17.4 Å². The molecule has 2 nitrogen and oxygen atoms in total. The van der Waals surface area contributed by atoms with E-state index in [0.29, 0.717) is 22.8 Å². The van der Waals surface area contributed by atoms with Gasteiger partial charge in [0.15, 0.2) is 11.6 Å². The molecule has 94 valence electrons. The Kier molecular flexibility index (Phi) is 3.87. The zero-order valence-corrected chi connectivity index (χ0v) is 11.0. The lowest BCUT2D eigenvalue weighted by Crippen LogP contribution is -2.25. The minimum atomic E-state index is -0.371. The second-order valence-corrected chi connectivity index (χ2v) is 5.28. The summed E-state index contributed by atoms with van der Waals surface area (Å²) in [4.78, 5) is 4.01. The van der Waals surface area contributed by atoms with Gasteiger partial charge in [0.1, 0.15) is 0 Å². The first-order chi connectivity index (χ1) is 8.11. The Hall–Kier alpha value is -0.830. The molecule has 1 aromatic rings. The maximum Gasteiger partial charge on any atom is 0.166 e. The van der Waals surface area contributed by atoms with E-state index in [-0.39, 0.29) is 5.82 Å². The lowest BCUT2D eigenvalue weighted by molar-refractivity contribution is 0.391. The van der Waals surface area contributed by atoms with Crippen molar-refractivity contribution in [2.24, 2.45) is 11.8 Å². The Bertz CT molecular complexity index is 397. The Morgan fingerprint density at radius 3 is 2.88 bits per heavy atom. The third-order valence-corrected chi connectivity index (χ3v) is 4.09. The second-order valence-electron chi connectivity index (χ2n) is 4.84. The van der Waals surface area contributed by atoms with Crippen LogP contribution >= 0.6 is 11.6 Å². The predicted molar refractivity (Wildman–Crippen MR) is 68.8 cm³/mol. The van der Waals surface area contributed by atoms with E-state index < -0.39 is 0 Å². The third kappa shape index (κ3) is 2.71. The molecule has 0 amide bonds. The van der Waals surface area contributed by atoms with Crippen LogP contribution in [0.25, 0.3) is 0 Å². The molecule has 0 radical (unpaired) electrons. The summed E-state index contributed by atoms with van der Waals surface area (Å²) in [6.45, 7) is 4.44. The van der Waals surface area contributed by atoms with Gasteiger partial charge in [-0.3, -0.25) is 0 Å². The van der Waals surface area contributed by atoms with Crippen molar-refractivity contribution < 1.29 is 4.39 Å². The van der Waals surface area contributed by atoms with E-state index in [1.807, 2.05) is 0 Å². The van der Waals surface area contributed by atoms with E-state index in [4.69, 9.17) is 11.6 Å². The largest absolute Gasteiger partial charge is 0.365 e. The molecule has 0 bridgehead atoms. The van der Waals surface area contributed by atoms with Crippen molar-refractivity contribution in [1.82, 2.24) is 4.98 Å². The van der Waals surface area contributed by atoms with Gasteiger partial charge in [0.25, 0.3) is 0 Å². The highest BCUT2D eigenvalue weighted by Gasteiger charge is 2.31. The van der Waals surface area contributed by atoms with Crippen LogP contribution in [0.4, 0.5) is 10.2 Å². The van der Waals surface area contributed by atoms with Crippen molar-refractivity contribution in [2.45, 2.75) is 39.2 Å². The Morgan fingerprint density at radius 2 is 2.29 bits per heavy atom. The molecule has 4 heteroatoms. The Balaban J connectivity index is 2.06. The molecule has 0 aromatic carbocycles. The predicted octanol–water partition coefficient (Wildman–Crippen LogP) is 4.11. The molecule has 2 rings (SSSR count). The van der Waals surface area contributed by atoms with E-state index in [1.165, 1.54) is 25.1 Å². The lowest BCUT2D eigenvalue weighted by Gasteiger charge is -2.21. The van der Waals surface area contributed by atoms with Gasteiger partial charge in [0.05, 0.1) is 5.02 Å². The quantitative estimate of drug-likeness (QED) is 0.880. The van der Waals surface area contributed by atoms with Crippen LogP contribution in [0.15, 0.2) is 12.3 Å². The van der Waals surface area contributed by atoms with Gasteiger partial charge < -0.3 is 5.32 Å². The molecule has 1 aromatic heterocycles. The van der Waals surface area contributed by atoms with Gasteiger partial charge in [-0.15, -0.1) is 0 Å². The van der Waals surface area contributed by atoms with Crippen molar-refractivity contribution in [2.75, 3.05) is 5.32 Å². The molecule has 1 N–H and O–H groups in total. The van der Waals surface area contributed by atoms with Crippen molar-refractivity contribution in [3.8, 4) is 0 Å². The van der Waals surface area contributed by atoms with Crippen LogP contribution in [0.3, 0.4) is 0 Å². The number of hydrogen-bond donors (Lipinski definition) is 1. The number of aromatic nitrogens is 1. The molecule has 3 unspecified atom stereocenters. The van der Waals surface area contributed by atoms with E-state index in [1.54, 1.807) is 0 Å². The molecule has 1 aliphatic rings. The maximum atomic E-state index is 13.6. The number of rotatable bonds is 3. The van der Waals surface area contributed by atoms with E-state index in [0.717, 1.165) is 12.3 Å². The van der Waals surface area contributed by atoms with Crippen LogP contribution in [-0.4, -0.2) is 11.0 Å². The highest BCUT2D eigenvalue weighted by atomic mass is 35.5. The highest BCUT2D eigenvalue weighted by Crippen LogP contribution is 2.35. The molecular weight excluding hydrogens is 239 g/mol. The van der Waals surface area contributed by atoms with Gasteiger partial charge >= 0.3 is 0 Å². The smallest absolute Gasteiger partial charge is 0.166 e. The van der Waals surface area contributed by atoms with Crippen LogP contribution in [-0.2, 0) is 0 Å². The van der Waals surface area contributed by atoms with Crippen LogP contribution in [0.2, 0.25) is 5.02 Å². The molecule has 17 heavy (non-hydrogen) atoms. The second kappa shape index (κ2) is 5.21. The number of nitrogens with zero attached hydrogens (tertiary/aromatic N) is 1. The molecule has 0 spiro atoms. The summed E-state index contributed by atoms with van der Waals surface area (Å²) in [7, 11) is 0. The molecule has 1 aliphatic carbocycles. The summed E-state index contributed by atoms with van der Waals surface area (Å²) in [5.74, 6) is 1.26. The topological polar surface area (TPSA) is 24.9 Å². The number of anilines is 1. The normalized spacial score (nSPS) is 28.4. The van der Waals surface area contributed by atoms with Gasteiger partial charge in [0, 0.05) is 12.2 Å². The minimum absolute atomic E-state index is 0.322. The molecular formula is C13H18ClFN2. The maximum absolute atomic E-state index is 13.6. The third-order valence-electron chi connectivity index (χ3n) is 3.88. The fourth-order valence-electron chi connectivity index (χ4n) is 2.72. The standard InChI is InChI=1S/C13H18ClFN2/c1-3-9-4-5-12(8(9)2)17-13-11(15)6-10(14)7-16-13/h6-9,12H,3-5H2,1-2H3,(H,16,17). The molecule has 1 fully saturated rings. The molecule has 0 saturated heterocycles. The first-order valence-corrected chi connectivity index (χ1v) is 6.57. The van der Waals surface area contributed by atoms with Crippen LogP contribution in [0.5, 0.6) is 0 Å². The summed E-state index contributed by atoms with van der Waals surface area (Å²) in [5, 5.41) is 3.54. The minimum Gasteiger partial charge on any atom is -0.365 e. The van der Waals surface area contributed by atoms with Gasteiger partial charge in [-0.25, -0.2) is 9.37 Å². The average Bonchev–Trinajstić information content (AvgIpc) is 2.64. The van der Waals surface area contributed by atoms with E-state index in [9.17, 15) is 4.39 Å². The summed E-state index contributed by atoms with van der Waals surface area (Å²) >= 11 is 5.68. The molecule has 3 atom stereocenters. The van der Waals surface area contributed by atoms with Crippen LogP contribution in [0, 0.1) is 17.7 Å². The van der Waals surface area contributed by atoms with Crippen LogP contribution < -0.4 is 5.32 Å². The van der Waals surface area contributed by atoms with Crippen molar-refractivity contribution in [3.05, 3.63) is 23.1 Å². The van der Waals surface area contributed by atoms with Gasteiger partial charge in [-0.2, -0.15) is 0 Å². The Morgan fingerprint density at radius 1 is 1.53 bits per heavy atom. The fraction of sp³-hybridized carbons (Fsp3) is 0.615. The molecule has 1 saturated carbocycles. The fourth-order valence-corrected chi connectivity index (χ4v) is 2.87. The van der Waals surface area contributed by atoms with Gasteiger partial charge in [-0.05, 0) is 30.7 Å². The molecule has 1 heterocycles. The summed E-state index contributed by atoms with van der Waals surface area (Å²) in [6.07, 6.45) is 4.97. The monoisotopic (exact) mass is 256 g/mol. The van der Waals surface area contributed by atoms with E-state index >= 15 is 0 Å². The summed E-state index contributed by atoms with van der Waals surface area (Å²) in [6, 6.07) is 1.62. The van der Waals surface area contributed by atoms with Crippen LogP contribution in [0.1, 0.15) is 33.1 Å². The van der Waals surface area contributed by atoms with Crippen molar-refractivity contribution in [1.29, 1.82) is 0 Å². The summed E-state index contributed by atoms with van der Waals surface area (Å²) < 4.78 is 13.6. The number of pyridine rings is 1. The number of hydrogen-bond acceptors (Lipinski definition) is 2. The zero-order chi connectivity index (χ0) is 12.4. The highest BCUT2D eigenvalue weighted by molar-refractivity contribution is 6.30. The number of halogens is 2. The Labute approximate surface area is 107 Å². The molecule has 0 aliphatic heterocycles.